The molecule has 0 aliphatic rings. The number of nitrogens with two attached hydrogens (primary N) is 1. The third-order valence-electron chi connectivity index (χ3n) is 2.72. The molecule has 0 bridgehead atoms. The number of hydrogen-bond acceptors (Lipinski definition) is 4. The Morgan fingerprint density at radius 2 is 1.80 bits per heavy atom. The summed E-state index contributed by atoms with van der Waals surface area (Å²) in [6.07, 6.45) is 0. The molecule has 0 aliphatic heterocycles. The number of hydrazine groups is 1. The zero-order valence-corrected chi connectivity index (χ0v) is 10.8. The van der Waals surface area contributed by atoms with Crippen molar-refractivity contribution in [1.29, 1.82) is 0 Å². The van der Waals surface area contributed by atoms with Gasteiger partial charge in [0, 0.05) is 23.0 Å². The summed E-state index contributed by atoms with van der Waals surface area (Å²) in [6, 6.07) is 10.8. The summed E-state index contributed by atoms with van der Waals surface area (Å²) in [5, 5.41) is 2.60. The molecule has 104 valence electrons. The first kappa shape index (κ1) is 13.8. The number of amides is 1. The van der Waals surface area contributed by atoms with E-state index in [1.165, 1.54) is 19.2 Å². The van der Waals surface area contributed by atoms with Crippen LogP contribution in [0, 0.1) is 5.82 Å². The molecule has 5 nitrogen and oxygen atoms in total. The van der Waals surface area contributed by atoms with Crippen molar-refractivity contribution < 1.29 is 13.9 Å². The van der Waals surface area contributed by atoms with Crippen LogP contribution in [0.4, 0.5) is 15.8 Å². The second kappa shape index (κ2) is 6.03. The van der Waals surface area contributed by atoms with Crippen molar-refractivity contribution in [1.82, 2.24) is 0 Å². The third kappa shape index (κ3) is 3.04. The van der Waals surface area contributed by atoms with Crippen LogP contribution in [0.15, 0.2) is 42.5 Å². The van der Waals surface area contributed by atoms with Gasteiger partial charge in [0.2, 0.25) is 0 Å². The Bertz CT molecular complexity index is 614. The molecule has 2 aromatic rings. The summed E-state index contributed by atoms with van der Waals surface area (Å²) < 4.78 is 18.3. The van der Waals surface area contributed by atoms with Crippen molar-refractivity contribution in [2.24, 2.45) is 5.84 Å². The molecule has 4 N–H and O–H groups in total. The zero-order chi connectivity index (χ0) is 14.5. The topological polar surface area (TPSA) is 76.4 Å². The van der Waals surface area contributed by atoms with E-state index in [0.717, 1.165) is 0 Å². The second-order valence-electron chi connectivity index (χ2n) is 4.03. The first-order valence-corrected chi connectivity index (χ1v) is 5.85. The molecule has 2 aromatic carbocycles. The molecule has 0 saturated carbocycles. The molecule has 0 radical (unpaired) electrons. The van der Waals surface area contributed by atoms with Crippen LogP contribution in [-0.4, -0.2) is 13.0 Å². The number of anilines is 2. The van der Waals surface area contributed by atoms with Crippen molar-refractivity contribution in [3.8, 4) is 5.75 Å². The Kier molecular flexibility index (Phi) is 4.17. The highest BCUT2D eigenvalue weighted by Gasteiger charge is 2.08. The highest BCUT2D eigenvalue weighted by molar-refractivity contribution is 6.04. The fourth-order valence-corrected chi connectivity index (χ4v) is 1.67. The van der Waals surface area contributed by atoms with Crippen LogP contribution < -0.4 is 21.3 Å². The number of carbonyl (C=O) groups excluding carboxylic acids is 1. The summed E-state index contributed by atoms with van der Waals surface area (Å²) in [5.41, 5.74) is 3.96. The minimum Gasteiger partial charge on any atom is -0.494 e. The molecule has 0 fully saturated rings. The van der Waals surface area contributed by atoms with E-state index in [1.807, 2.05) is 0 Å². The van der Waals surface area contributed by atoms with Gasteiger partial charge in [-0.25, -0.2) is 4.39 Å². The Labute approximate surface area is 115 Å². The summed E-state index contributed by atoms with van der Waals surface area (Å²) in [6.45, 7) is 0. The summed E-state index contributed by atoms with van der Waals surface area (Å²) in [5.74, 6) is 4.50. The van der Waals surface area contributed by atoms with Crippen LogP contribution in [0.5, 0.6) is 5.75 Å². The number of benzene rings is 2. The normalized spacial score (nSPS) is 9.95. The number of methoxy groups -OCH3 is 1. The quantitative estimate of drug-likeness (QED) is 0.591. The van der Waals surface area contributed by atoms with Crippen LogP contribution in [0.25, 0.3) is 0 Å². The average molecular weight is 275 g/mol. The standard InChI is InChI=1S/C14H14FN3O2/c1-20-13-7-6-11(8-12(13)15)17-14(19)9-2-4-10(18-16)5-3-9/h2-8,18H,16H2,1H3,(H,17,19). The molecule has 6 heteroatoms. The van der Waals surface area contributed by atoms with Crippen molar-refractivity contribution in [2.45, 2.75) is 0 Å². The summed E-state index contributed by atoms with van der Waals surface area (Å²) >= 11 is 0. The lowest BCUT2D eigenvalue weighted by molar-refractivity contribution is 0.102. The number of hydrogen-bond donors (Lipinski definition) is 3. The van der Waals surface area contributed by atoms with Gasteiger partial charge < -0.3 is 15.5 Å². The molecular weight excluding hydrogens is 261 g/mol. The van der Waals surface area contributed by atoms with Crippen LogP contribution in [0.2, 0.25) is 0 Å². The largest absolute Gasteiger partial charge is 0.494 e. The van der Waals surface area contributed by atoms with Gasteiger partial charge in [0.15, 0.2) is 11.6 Å². The van der Waals surface area contributed by atoms with Crippen molar-refractivity contribution >= 4 is 17.3 Å². The van der Waals surface area contributed by atoms with E-state index in [2.05, 4.69) is 10.7 Å². The number of halogens is 1. The molecule has 0 heterocycles. The Morgan fingerprint density at radius 1 is 1.15 bits per heavy atom. The fraction of sp³-hybridized carbons (Fsp3) is 0.0714. The maximum atomic E-state index is 13.5. The van der Waals surface area contributed by atoms with Crippen LogP contribution >= 0.6 is 0 Å². The first-order valence-electron chi connectivity index (χ1n) is 5.85. The van der Waals surface area contributed by atoms with E-state index < -0.39 is 5.82 Å². The highest BCUT2D eigenvalue weighted by Crippen LogP contribution is 2.21. The van der Waals surface area contributed by atoms with Gasteiger partial charge in [-0.3, -0.25) is 10.6 Å². The molecule has 1 amide bonds. The molecule has 0 atom stereocenters. The number of ether oxygens (including phenoxy) is 1. The lowest BCUT2D eigenvalue weighted by atomic mass is 10.2. The SMILES string of the molecule is COc1ccc(NC(=O)c2ccc(NN)cc2)cc1F. The van der Waals surface area contributed by atoms with Crippen molar-refractivity contribution in [2.75, 3.05) is 17.9 Å². The lowest BCUT2D eigenvalue weighted by Crippen LogP contribution is -2.12. The van der Waals surface area contributed by atoms with Gasteiger partial charge in [-0.2, -0.15) is 0 Å². The Hall–Kier alpha value is -2.60. The van der Waals surface area contributed by atoms with Gasteiger partial charge in [0.1, 0.15) is 0 Å². The zero-order valence-electron chi connectivity index (χ0n) is 10.8. The maximum absolute atomic E-state index is 13.5. The Balaban J connectivity index is 2.12. The molecule has 20 heavy (non-hydrogen) atoms. The van der Waals surface area contributed by atoms with Gasteiger partial charge in [0.05, 0.1) is 7.11 Å². The van der Waals surface area contributed by atoms with Crippen LogP contribution in [0.3, 0.4) is 0 Å². The maximum Gasteiger partial charge on any atom is 0.255 e. The van der Waals surface area contributed by atoms with E-state index >= 15 is 0 Å². The highest BCUT2D eigenvalue weighted by atomic mass is 19.1. The van der Waals surface area contributed by atoms with Gasteiger partial charge in [0.25, 0.3) is 5.91 Å². The average Bonchev–Trinajstić information content (AvgIpc) is 2.47. The molecule has 0 spiro atoms. The fourth-order valence-electron chi connectivity index (χ4n) is 1.67. The van der Waals surface area contributed by atoms with E-state index in [1.54, 1.807) is 30.3 Å². The van der Waals surface area contributed by atoms with Crippen molar-refractivity contribution in [3.05, 3.63) is 53.8 Å². The molecule has 0 aliphatic carbocycles. The first-order chi connectivity index (χ1) is 9.63. The molecule has 0 aromatic heterocycles. The monoisotopic (exact) mass is 275 g/mol. The number of nitrogen functional groups attached to an aromatic ring is 1. The van der Waals surface area contributed by atoms with E-state index in [4.69, 9.17) is 10.6 Å². The minimum atomic E-state index is -0.534. The number of carbonyl (C=O) groups is 1. The summed E-state index contributed by atoms with van der Waals surface area (Å²) in [7, 11) is 1.38. The van der Waals surface area contributed by atoms with Gasteiger partial charge >= 0.3 is 0 Å². The Morgan fingerprint density at radius 3 is 2.35 bits per heavy atom. The third-order valence-corrected chi connectivity index (χ3v) is 2.72. The van der Waals surface area contributed by atoms with E-state index in [-0.39, 0.29) is 11.7 Å². The van der Waals surface area contributed by atoms with Crippen LogP contribution in [0.1, 0.15) is 10.4 Å². The molecule has 2 rings (SSSR count). The lowest BCUT2D eigenvalue weighted by Gasteiger charge is -2.08. The second-order valence-corrected chi connectivity index (χ2v) is 4.03. The number of rotatable bonds is 4. The van der Waals surface area contributed by atoms with Gasteiger partial charge in [-0.15, -0.1) is 0 Å². The minimum absolute atomic E-state index is 0.126. The number of nitrogens with one attached hydrogen (secondary N) is 2. The van der Waals surface area contributed by atoms with Crippen LogP contribution in [-0.2, 0) is 0 Å². The molecule has 0 unspecified atom stereocenters. The van der Waals surface area contributed by atoms with Crippen molar-refractivity contribution in [3.63, 3.8) is 0 Å². The van der Waals surface area contributed by atoms with Gasteiger partial charge in [-0.05, 0) is 36.4 Å². The van der Waals surface area contributed by atoms with E-state index in [0.29, 0.717) is 16.9 Å². The predicted molar refractivity (Wildman–Crippen MR) is 75.2 cm³/mol. The molecule has 0 saturated heterocycles. The smallest absolute Gasteiger partial charge is 0.255 e. The van der Waals surface area contributed by atoms with Gasteiger partial charge in [-0.1, -0.05) is 0 Å². The van der Waals surface area contributed by atoms with E-state index in [9.17, 15) is 9.18 Å². The summed E-state index contributed by atoms with van der Waals surface area (Å²) in [4.78, 5) is 12.0. The molecular formula is C14H14FN3O2. The predicted octanol–water partition coefficient (Wildman–Crippen LogP) is 2.37.